The van der Waals surface area contributed by atoms with Crippen molar-refractivity contribution in [1.29, 1.82) is 0 Å². The lowest BCUT2D eigenvalue weighted by molar-refractivity contribution is -0.119. The van der Waals surface area contributed by atoms with Gasteiger partial charge in [0.2, 0.25) is 5.91 Å². The molecule has 2 aromatic heterocycles. The molecule has 0 radical (unpaired) electrons. The average Bonchev–Trinajstić information content (AvgIpc) is 3.10. The lowest BCUT2D eigenvalue weighted by Gasteiger charge is -2.14. The van der Waals surface area contributed by atoms with Crippen LogP contribution in [0.15, 0.2) is 66.6 Å². The number of rotatable bonds is 8. The summed E-state index contributed by atoms with van der Waals surface area (Å²) in [5.41, 5.74) is 1.74. The molecular formula is C20H20FN5OS. The predicted octanol–water partition coefficient (Wildman–Crippen LogP) is 3.63. The van der Waals surface area contributed by atoms with Crippen LogP contribution < -0.4 is 5.32 Å². The molecule has 0 spiro atoms. The number of benzene rings is 1. The van der Waals surface area contributed by atoms with Crippen LogP contribution in [0, 0.1) is 5.82 Å². The van der Waals surface area contributed by atoms with E-state index in [0.29, 0.717) is 17.5 Å². The van der Waals surface area contributed by atoms with Crippen molar-refractivity contribution in [2.45, 2.75) is 24.7 Å². The molecule has 0 fully saturated rings. The summed E-state index contributed by atoms with van der Waals surface area (Å²) in [6.07, 6.45) is 5.15. The lowest BCUT2D eigenvalue weighted by atomic mass is 10.1. The number of halogens is 1. The zero-order valence-electron chi connectivity index (χ0n) is 15.4. The summed E-state index contributed by atoms with van der Waals surface area (Å²) in [5.74, 6) is 0.451. The molecule has 1 amide bonds. The summed E-state index contributed by atoms with van der Waals surface area (Å²) in [5, 5.41) is 12.0. The Hall–Kier alpha value is -3.00. The molecule has 1 atom stereocenters. The first-order valence-electron chi connectivity index (χ1n) is 8.70. The zero-order valence-corrected chi connectivity index (χ0v) is 16.2. The fourth-order valence-corrected chi connectivity index (χ4v) is 3.41. The molecule has 3 aromatic rings. The minimum Gasteiger partial charge on any atom is -0.349 e. The van der Waals surface area contributed by atoms with Crippen LogP contribution in [0.4, 0.5) is 4.39 Å². The molecule has 3 rings (SSSR count). The van der Waals surface area contributed by atoms with E-state index in [2.05, 4.69) is 27.1 Å². The summed E-state index contributed by atoms with van der Waals surface area (Å²) in [6, 6.07) is 9.58. The van der Waals surface area contributed by atoms with E-state index in [1.54, 1.807) is 30.6 Å². The van der Waals surface area contributed by atoms with Gasteiger partial charge >= 0.3 is 0 Å². The molecule has 0 aliphatic heterocycles. The zero-order chi connectivity index (χ0) is 19.9. The number of hydrogen-bond acceptors (Lipinski definition) is 5. The van der Waals surface area contributed by atoms with Crippen LogP contribution in [-0.4, -0.2) is 31.4 Å². The van der Waals surface area contributed by atoms with Gasteiger partial charge in [-0.15, -0.1) is 16.8 Å². The molecule has 8 heteroatoms. The maximum atomic E-state index is 13.0. The molecule has 1 N–H and O–H groups in total. The summed E-state index contributed by atoms with van der Waals surface area (Å²) in [7, 11) is 0. The van der Waals surface area contributed by atoms with E-state index in [1.165, 1.54) is 23.9 Å². The van der Waals surface area contributed by atoms with Crippen LogP contribution in [0.1, 0.15) is 18.5 Å². The van der Waals surface area contributed by atoms with Crippen molar-refractivity contribution in [1.82, 2.24) is 25.1 Å². The highest BCUT2D eigenvalue weighted by atomic mass is 32.2. The molecule has 2 heterocycles. The van der Waals surface area contributed by atoms with Crippen LogP contribution in [-0.2, 0) is 11.3 Å². The van der Waals surface area contributed by atoms with E-state index in [4.69, 9.17) is 0 Å². The fourth-order valence-electron chi connectivity index (χ4n) is 2.65. The summed E-state index contributed by atoms with van der Waals surface area (Å²) >= 11 is 1.30. The second-order valence-corrected chi connectivity index (χ2v) is 7.01. The van der Waals surface area contributed by atoms with Gasteiger partial charge in [0.25, 0.3) is 0 Å². The second-order valence-electron chi connectivity index (χ2n) is 6.07. The first kappa shape index (κ1) is 19.8. The van der Waals surface area contributed by atoms with Gasteiger partial charge in [0, 0.05) is 24.5 Å². The van der Waals surface area contributed by atoms with Crippen LogP contribution in [0.2, 0.25) is 0 Å². The Kier molecular flexibility index (Phi) is 6.54. The van der Waals surface area contributed by atoms with Crippen molar-refractivity contribution in [3.63, 3.8) is 0 Å². The van der Waals surface area contributed by atoms with Crippen molar-refractivity contribution in [2.75, 3.05) is 5.75 Å². The van der Waals surface area contributed by atoms with E-state index in [0.717, 1.165) is 11.1 Å². The number of nitrogens with zero attached hydrogens (tertiary/aromatic N) is 4. The maximum absolute atomic E-state index is 13.0. The highest BCUT2D eigenvalue weighted by molar-refractivity contribution is 7.99. The summed E-state index contributed by atoms with van der Waals surface area (Å²) in [6.45, 7) is 6.17. The topological polar surface area (TPSA) is 72.7 Å². The number of aromatic nitrogens is 4. The predicted molar refractivity (Wildman–Crippen MR) is 107 cm³/mol. The Balaban J connectivity index is 1.65. The second kappa shape index (κ2) is 9.27. The number of carbonyl (C=O) groups excluding carboxylic acids is 1. The van der Waals surface area contributed by atoms with Gasteiger partial charge in [0.1, 0.15) is 5.82 Å². The Labute approximate surface area is 166 Å². The Bertz CT molecular complexity index is 943. The third-order valence-corrected chi connectivity index (χ3v) is 5.01. The van der Waals surface area contributed by atoms with Gasteiger partial charge in [-0.2, -0.15) is 0 Å². The molecule has 1 aromatic carbocycles. The Morgan fingerprint density at radius 3 is 2.64 bits per heavy atom. The van der Waals surface area contributed by atoms with Crippen LogP contribution in [0.5, 0.6) is 0 Å². The normalized spacial score (nSPS) is 11.8. The smallest absolute Gasteiger partial charge is 0.230 e. The van der Waals surface area contributed by atoms with Gasteiger partial charge in [-0.25, -0.2) is 4.39 Å². The minimum absolute atomic E-state index is 0.138. The Morgan fingerprint density at radius 2 is 1.96 bits per heavy atom. The van der Waals surface area contributed by atoms with Crippen LogP contribution in [0.25, 0.3) is 11.4 Å². The fraction of sp³-hybridized carbons (Fsp3) is 0.200. The monoisotopic (exact) mass is 397 g/mol. The number of carbonyl (C=O) groups is 1. The van der Waals surface area contributed by atoms with Gasteiger partial charge in [-0.1, -0.05) is 30.0 Å². The van der Waals surface area contributed by atoms with Crippen LogP contribution >= 0.6 is 11.8 Å². The average molecular weight is 397 g/mol. The van der Waals surface area contributed by atoms with Gasteiger partial charge in [-0.3, -0.25) is 14.3 Å². The van der Waals surface area contributed by atoms with Gasteiger partial charge in [0.05, 0.1) is 11.8 Å². The quantitative estimate of drug-likeness (QED) is 0.464. The third-order valence-electron chi connectivity index (χ3n) is 4.05. The van der Waals surface area contributed by atoms with E-state index >= 15 is 0 Å². The van der Waals surface area contributed by atoms with E-state index < -0.39 is 0 Å². The SMILES string of the molecule is C=CCn1c(SCC(=O)N[C@H](C)c2ccc(F)cc2)nnc1-c1ccncc1. The highest BCUT2D eigenvalue weighted by Gasteiger charge is 2.16. The molecule has 6 nitrogen and oxygen atoms in total. The lowest BCUT2D eigenvalue weighted by Crippen LogP contribution is -2.28. The molecule has 0 saturated heterocycles. The summed E-state index contributed by atoms with van der Waals surface area (Å²) < 4.78 is 14.9. The standard InChI is InChI=1S/C20H20FN5OS/c1-3-12-26-19(16-8-10-22-11-9-16)24-25-20(26)28-13-18(27)23-14(2)15-4-6-17(21)7-5-15/h3-11,14H,1,12-13H2,2H3,(H,23,27)/t14-/m1/s1. The van der Waals surface area contributed by atoms with E-state index in [1.807, 2.05) is 23.6 Å². The minimum atomic E-state index is -0.301. The first-order chi connectivity index (χ1) is 13.6. The molecular weight excluding hydrogens is 377 g/mol. The number of hydrogen-bond donors (Lipinski definition) is 1. The van der Waals surface area contributed by atoms with Gasteiger partial charge in [0.15, 0.2) is 11.0 Å². The maximum Gasteiger partial charge on any atom is 0.230 e. The third kappa shape index (κ3) is 4.83. The number of pyridine rings is 1. The molecule has 0 unspecified atom stereocenters. The highest BCUT2D eigenvalue weighted by Crippen LogP contribution is 2.24. The molecule has 0 aliphatic rings. The largest absolute Gasteiger partial charge is 0.349 e. The molecule has 0 bridgehead atoms. The molecule has 144 valence electrons. The van der Waals surface area contributed by atoms with E-state index in [9.17, 15) is 9.18 Å². The van der Waals surface area contributed by atoms with Crippen molar-refractivity contribution < 1.29 is 9.18 Å². The van der Waals surface area contributed by atoms with Crippen molar-refractivity contribution in [2.24, 2.45) is 0 Å². The van der Waals surface area contributed by atoms with Crippen LogP contribution in [0.3, 0.4) is 0 Å². The summed E-state index contributed by atoms with van der Waals surface area (Å²) in [4.78, 5) is 16.3. The number of thioether (sulfide) groups is 1. The molecule has 0 aliphatic carbocycles. The molecule has 28 heavy (non-hydrogen) atoms. The van der Waals surface area contributed by atoms with Crippen molar-refractivity contribution >= 4 is 17.7 Å². The van der Waals surface area contributed by atoms with E-state index in [-0.39, 0.29) is 23.5 Å². The first-order valence-corrected chi connectivity index (χ1v) is 9.69. The Morgan fingerprint density at radius 1 is 1.25 bits per heavy atom. The van der Waals surface area contributed by atoms with Gasteiger partial charge in [-0.05, 0) is 36.8 Å². The van der Waals surface area contributed by atoms with Gasteiger partial charge < -0.3 is 5.32 Å². The van der Waals surface area contributed by atoms with Crippen molar-refractivity contribution in [3.05, 3.63) is 72.8 Å². The van der Waals surface area contributed by atoms with Crippen molar-refractivity contribution in [3.8, 4) is 11.4 Å². The number of amides is 1. The number of allylic oxidation sites excluding steroid dienone is 1. The number of nitrogens with one attached hydrogen (secondary N) is 1. The molecule has 0 saturated carbocycles.